The van der Waals surface area contributed by atoms with E-state index < -0.39 is 28.2 Å². The van der Waals surface area contributed by atoms with Crippen LogP contribution < -0.4 is 0 Å². The summed E-state index contributed by atoms with van der Waals surface area (Å²) in [5.74, 6) is -1.50. The number of hydrogen-bond acceptors (Lipinski definition) is 14. The third kappa shape index (κ3) is 10.0. The van der Waals surface area contributed by atoms with Crippen LogP contribution in [0.3, 0.4) is 0 Å². The lowest BCUT2D eigenvalue weighted by Gasteiger charge is -2.58. The molecule has 0 aromatic heterocycles. The lowest BCUT2D eigenvalue weighted by Crippen LogP contribution is -2.56. The minimum absolute atomic E-state index is 0.00571. The van der Waals surface area contributed by atoms with Crippen LogP contribution in [0.1, 0.15) is 58.8 Å². The fourth-order valence-corrected chi connectivity index (χ4v) is 8.06. The summed E-state index contributed by atoms with van der Waals surface area (Å²) in [5, 5.41) is 37.1. The van der Waals surface area contributed by atoms with Gasteiger partial charge in [-0.3, -0.25) is 14.4 Å². The van der Waals surface area contributed by atoms with Crippen molar-refractivity contribution in [1.82, 2.24) is 0 Å². The molecule has 0 amide bonds. The first-order valence-electron chi connectivity index (χ1n) is 15.9. The van der Waals surface area contributed by atoms with Crippen LogP contribution in [0.2, 0.25) is 0 Å². The molecule has 48 heavy (non-hydrogen) atoms. The fourth-order valence-electron chi connectivity index (χ4n) is 8.06. The van der Waals surface area contributed by atoms with E-state index in [2.05, 4.69) is 23.5 Å². The zero-order chi connectivity index (χ0) is 35.5. The number of fused-ring (bicyclic) bond motifs is 5. The predicted molar refractivity (Wildman–Crippen MR) is 162 cm³/mol. The van der Waals surface area contributed by atoms with Crippen molar-refractivity contribution in [3.63, 3.8) is 0 Å². The number of allylic oxidation sites excluding steroid dienone is 4. The molecule has 3 fully saturated rings. The van der Waals surface area contributed by atoms with Crippen molar-refractivity contribution in [2.24, 2.45) is 34.5 Å². The van der Waals surface area contributed by atoms with Crippen LogP contribution in [0.4, 0.5) is 0 Å². The number of aliphatic hydroxyl groups excluding tert-OH is 1. The minimum Gasteiger partial charge on any atom is -0.481 e. The molecular formula is C31H44N2O15. The lowest BCUT2D eigenvalue weighted by atomic mass is 9.46. The average molecular weight is 685 g/mol. The van der Waals surface area contributed by atoms with E-state index in [1.807, 2.05) is 6.08 Å². The summed E-state index contributed by atoms with van der Waals surface area (Å²) in [6.45, 7) is 3.46. The fraction of sp³-hybridized carbons (Fsp3) is 0.742. The second-order valence-electron chi connectivity index (χ2n) is 12.8. The van der Waals surface area contributed by atoms with Gasteiger partial charge in [0.05, 0.1) is 32.5 Å². The molecule has 2 N–H and O–H groups in total. The number of Topliss-reactive ketones (excluding diaryl/α,β-unsaturated/α-hetero) is 1. The van der Waals surface area contributed by atoms with Gasteiger partial charge in [-0.1, -0.05) is 25.5 Å². The molecule has 0 radical (unpaired) electrons. The maximum absolute atomic E-state index is 13.2. The number of rotatable bonds is 17. The van der Waals surface area contributed by atoms with E-state index in [4.69, 9.17) is 19.3 Å². The number of carbonyl (C=O) groups excluding carboxylic acids is 3. The van der Waals surface area contributed by atoms with E-state index in [-0.39, 0.29) is 105 Å². The van der Waals surface area contributed by atoms with Crippen LogP contribution in [0.15, 0.2) is 23.8 Å². The van der Waals surface area contributed by atoms with Gasteiger partial charge in [-0.05, 0) is 67.9 Å². The zero-order valence-electron chi connectivity index (χ0n) is 27.1. The van der Waals surface area contributed by atoms with Gasteiger partial charge >= 0.3 is 11.9 Å². The summed E-state index contributed by atoms with van der Waals surface area (Å²) in [5.41, 5.74) is 0.384. The van der Waals surface area contributed by atoms with E-state index in [0.717, 1.165) is 24.8 Å². The maximum Gasteiger partial charge on any atom is 0.332 e. The first kappa shape index (κ1) is 38.5. The van der Waals surface area contributed by atoms with Gasteiger partial charge in [-0.15, -0.1) is 20.2 Å². The molecule has 0 spiro atoms. The summed E-state index contributed by atoms with van der Waals surface area (Å²) < 4.78 is 15.4. The van der Waals surface area contributed by atoms with Crippen molar-refractivity contribution in [1.29, 1.82) is 0 Å². The largest absolute Gasteiger partial charge is 0.481 e. The molecular weight excluding hydrogens is 640 g/mol. The highest BCUT2D eigenvalue weighted by atomic mass is 17.0. The van der Waals surface area contributed by atoms with Crippen molar-refractivity contribution in [3.05, 3.63) is 44.0 Å². The number of carboxylic acids is 1. The molecule has 7 atom stereocenters. The Morgan fingerprint density at radius 3 is 2.31 bits per heavy atom. The average Bonchev–Trinajstić information content (AvgIpc) is 3.36. The number of aliphatic carboxylic acids is 1. The van der Waals surface area contributed by atoms with E-state index in [1.165, 1.54) is 0 Å². The van der Waals surface area contributed by atoms with Crippen LogP contribution in [-0.2, 0) is 43.1 Å². The van der Waals surface area contributed by atoms with Crippen molar-refractivity contribution in [2.75, 3.05) is 46.2 Å². The van der Waals surface area contributed by atoms with Crippen LogP contribution >= 0.6 is 0 Å². The van der Waals surface area contributed by atoms with E-state index in [9.17, 15) is 44.5 Å². The SMILES string of the molecule is C[C@]12C=CC(=O)C=C1CCC1C2[C@@H](O)C[C@@]2(C)C1CC[C@@H]2C(=O)COC(=O)COCCOCCO[N+](=O)[O-].O=C(O)CCCO[N+](=O)[O-]. The number of carboxylic acid groups (broad SMARTS) is 1. The zero-order valence-corrected chi connectivity index (χ0v) is 27.1. The number of aliphatic hydroxyl groups is 1. The molecule has 3 saturated carbocycles. The number of ketones is 2. The highest BCUT2D eigenvalue weighted by Crippen LogP contribution is 2.66. The van der Waals surface area contributed by atoms with Gasteiger partial charge in [0.15, 0.2) is 11.6 Å². The summed E-state index contributed by atoms with van der Waals surface area (Å²) in [6.07, 6.45) is 8.61. The highest BCUT2D eigenvalue weighted by molar-refractivity contribution is 6.01. The Morgan fingerprint density at radius 2 is 1.62 bits per heavy atom. The first-order chi connectivity index (χ1) is 22.7. The van der Waals surface area contributed by atoms with Gasteiger partial charge in [-0.2, -0.15) is 0 Å². The molecule has 0 aromatic rings. The predicted octanol–water partition coefficient (Wildman–Crippen LogP) is 2.29. The van der Waals surface area contributed by atoms with Gasteiger partial charge in [0.2, 0.25) is 0 Å². The van der Waals surface area contributed by atoms with Gasteiger partial charge in [0, 0.05) is 23.7 Å². The Hall–Kier alpha value is -3.96. The van der Waals surface area contributed by atoms with Crippen LogP contribution in [0, 0.1) is 54.7 Å². The third-order valence-electron chi connectivity index (χ3n) is 10.0. The monoisotopic (exact) mass is 684 g/mol. The second kappa shape index (κ2) is 17.4. The molecule has 0 aliphatic heterocycles. The minimum atomic E-state index is -0.980. The van der Waals surface area contributed by atoms with Crippen LogP contribution in [0.25, 0.3) is 0 Å². The first-order valence-corrected chi connectivity index (χ1v) is 15.9. The molecule has 0 aromatic carbocycles. The number of hydrogen-bond donors (Lipinski definition) is 2. The standard InChI is InChI=1S/C27H37NO10.C4H7NO5/c1-26-8-7-18(29)13-17(26)3-4-19-20-5-6-21(27(20,2)14-22(30)25(19)26)23(31)15-37-24(32)16-36-10-9-35-11-12-38-28(33)34;6-4(7)2-1-3-10-5(8)9/h7-8,13,19-22,25,30H,3-6,9-12,14-16H2,1-2H3;1-3H2,(H,6,7)/t19?,20?,21-,22+,25?,26+,27+;/m1./s1. The van der Waals surface area contributed by atoms with Gasteiger partial charge in [-0.25, -0.2) is 4.79 Å². The van der Waals surface area contributed by atoms with Gasteiger partial charge < -0.3 is 34.1 Å². The van der Waals surface area contributed by atoms with Crippen LogP contribution in [-0.4, -0.2) is 96.2 Å². The highest BCUT2D eigenvalue weighted by Gasteiger charge is 2.62. The Bertz CT molecular complexity index is 1250. The van der Waals surface area contributed by atoms with Gasteiger partial charge in [0.25, 0.3) is 10.2 Å². The molecule has 0 heterocycles. The molecule has 4 rings (SSSR count). The molecule has 4 aliphatic carbocycles. The summed E-state index contributed by atoms with van der Waals surface area (Å²) in [7, 11) is 0. The molecule has 268 valence electrons. The van der Waals surface area contributed by atoms with Crippen LogP contribution in [0.5, 0.6) is 0 Å². The van der Waals surface area contributed by atoms with Crippen molar-refractivity contribution >= 4 is 23.5 Å². The Labute approximate surface area is 276 Å². The normalized spacial score (nSPS) is 29.9. The Morgan fingerprint density at radius 1 is 0.958 bits per heavy atom. The summed E-state index contributed by atoms with van der Waals surface area (Å²) >= 11 is 0. The Balaban J connectivity index is 0.000000542. The third-order valence-corrected chi connectivity index (χ3v) is 10.0. The number of esters is 1. The number of nitrogens with zero attached hydrogens (tertiary/aromatic N) is 2. The molecule has 3 unspecified atom stereocenters. The number of carbonyl (C=O) groups is 4. The van der Waals surface area contributed by atoms with Crippen molar-refractivity contribution in [3.8, 4) is 0 Å². The Kier molecular flexibility index (Phi) is 14.0. The molecule has 0 bridgehead atoms. The molecule has 4 aliphatic rings. The smallest absolute Gasteiger partial charge is 0.332 e. The number of ether oxygens (including phenoxy) is 3. The van der Waals surface area contributed by atoms with E-state index in [0.29, 0.717) is 12.8 Å². The van der Waals surface area contributed by atoms with Crippen molar-refractivity contribution in [2.45, 2.75) is 64.9 Å². The lowest BCUT2D eigenvalue weighted by molar-refractivity contribution is -0.758. The molecule has 17 nitrogen and oxygen atoms in total. The summed E-state index contributed by atoms with van der Waals surface area (Å²) in [6, 6.07) is 0. The molecule has 0 saturated heterocycles. The molecule has 17 heteroatoms. The van der Waals surface area contributed by atoms with Crippen molar-refractivity contribution < 1.29 is 63.5 Å². The van der Waals surface area contributed by atoms with E-state index >= 15 is 0 Å². The topological polar surface area (TPSA) is 241 Å². The maximum atomic E-state index is 13.2. The van der Waals surface area contributed by atoms with E-state index in [1.54, 1.807) is 12.2 Å². The van der Waals surface area contributed by atoms with Gasteiger partial charge in [0.1, 0.15) is 19.8 Å². The second-order valence-corrected chi connectivity index (χ2v) is 12.8. The summed E-state index contributed by atoms with van der Waals surface area (Å²) in [4.78, 5) is 74.5. The quantitative estimate of drug-likeness (QED) is 0.0966.